The fourth-order valence-corrected chi connectivity index (χ4v) is 3.98. The van der Waals surface area contributed by atoms with Crippen LogP contribution in [0.15, 0.2) is 12.1 Å². The molecule has 0 aliphatic rings. The number of hydrogen-bond acceptors (Lipinski definition) is 3. The van der Waals surface area contributed by atoms with Gasteiger partial charge in [-0.3, -0.25) is 0 Å². The molecule has 0 radical (unpaired) electrons. The third kappa shape index (κ3) is 6.66. The van der Waals surface area contributed by atoms with E-state index >= 15 is 0 Å². The Balaban J connectivity index is 2.73. The molecule has 1 rings (SSSR count). The lowest BCUT2D eigenvalue weighted by atomic mass is 9.29. The minimum absolute atomic E-state index is 0.667. The predicted octanol–water partition coefficient (Wildman–Crippen LogP) is 6.62. The number of methoxy groups -OCH3 is 3. The lowest BCUT2D eigenvalue weighted by Gasteiger charge is -2.31. The number of rotatable bonds is 12. The number of hydrogen-bond donors (Lipinski definition) is 0. The van der Waals surface area contributed by atoms with Gasteiger partial charge in [-0.25, -0.2) is 0 Å². The normalized spacial score (nSPS) is 13.6. The summed E-state index contributed by atoms with van der Waals surface area (Å²) in [6, 6.07) is 4.15. The molecular formula is C23H41BO3. The van der Waals surface area contributed by atoms with Crippen LogP contribution in [-0.2, 0) is 6.42 Å². The number of benzene rings is 1. The molecule has 0 saturated heterocycles. The monoisotopic (exact) mass is 376 g/mol. The second-order valence-electron chi connectivity index (χ2n) is 8.65. The van der Waals surface area contributed by atoms with Gasteiger partial charge >= 0.3 is 0 Å². The van der Waals surface area contributed by atoms with Crippen molar-refractivity contribution in [1.82, 2.24) is 0 Å². The molecule has 1 aromatic carbocycles. The highest BCUT2D eigenvalue weighted by Crippen LogP contribution is 2.39. The first kappa shape index (κ1) is 23.7. The quantitative estimate of drug-likeness (QED) is 0.303. The van der Waals surface area contributed by atoms with Crippen molar-refractivity contribution in [1.29, 1.82) is 0 Å². The van der Waals surface area contributed by atoms with Crippen molar-refractivity contribution >= 4 is 6.71 Å². The second kappa shape index (κ2) is 11.5. The second-order valence-corrected chi connectivity index (χ2v) is 8.65. The molecule has 0 N–H and O–H groups in total. The Kier molecular flexibility index (Phi) is 10.1. The van der Waals surface area contributed by atoms with E-state index in [1.54, 1.807) is 21.3 Å². The maximum Gasteiger partial charge on any atom is 0.203 e. The molecule has 3 nitrogen and oxygen atoms in total. The van der Waals surface area contributed by atoms with Crippen molar-refractivity contribution in [3.63, 3.8) is 0 Å². The number of ether oxygens (including phenoxy) is 3. The smallest absolute Gasteiger partial charge is 0.203 e. The van der Waals surface area contributed by atoms with Gasteiger partial charge in [0.25, 0.3) is 0 Å². The van der Waals surface area contributed by atoms with Gasteiger partial charge in [0, 0.05) is 0 Å². The van der Waals surface area contributed by atoms with E-state index in [0.717, 1.165) is 48.1 Å². The summed E-state index contributed by atoms with van der Waals surface area (Å²) in [5, 5.41) is 0. The highest BCUT2D eigenvalue weighted by atomic mass is 16.5. The fraction of sp³-hybridized carbons (Fsp3) is 0.739. The number of unbranched alkanes of at least 4 members (excludes halogenated alkanes) is 1. The van der Waals surface area contributed by atoms with Gasteiger partial charge in [-0.05, 0) is 30.5 Å². The topological polar surface area (TPSA) is 27.7 Å². The average molecular weight is 376 g/mol. The molecule has 0 fully saturated rings. The van der Waals surface area contributed by atoms with E-state index in [1.807, 2.05) is 0 Å². The summed E-state index contributed by atoms with van der Waals surface area (Å²) in [6.07, 6.45) is 4.79. The standard InChI is InChI=1S/C23H41BO3/c1-16(2)18(5)24(19(6)17(3)4)13-11-10-12-20-14-21(25-7)23(27-9)22(15-20)26-8/h14-19H,10-13H2,1-9H3. The Morgan fingerprint density at radius 1 is 0.741 bits per heavy atom. The van der Waals surface area contributed by atoms with Gasteiger partial charge in [0.15, 0.2) is 11.5 Å². The maximum absolute atomic E-state index is 5.47. The van der Waals surface area contributed by atoms with E-state index in [-0.39, 0.29) is 0 Å². The lowest BCUT2D eigenvalue weighted by Crippen LogP contribution is -2.29. The molecule has 0 bridgehead atoms. The summed E-state index contributed by atoms with van der Waals surface area (Å²) in [5.74, 6) is 5.17. The van der Waals surface area contributed by atoms with Gasteiger partial charge in [-0.2, -0.15) is 0 Å². The fourth-order valence-electron chi connectivity index (χ4n) is 3.98. The molecule has 27 heavy (non-hydrogen) atoms. The summed E-state index contributed by atoms with van der Waals surface area (Å²) in [4.78, 5) is 0. The van der Waals surface area contributed by atoms with Crippen LogP contribution in [0, 0.1) is 11.8 Å². The van der Waals surface area contributed by atoms with E-state index in [2.05, 4.69) is 53.7 Å². The molecule has 2 atom stereocenters. The first-order valence-electron chi connectivity index (χ1n) is 10.6. The van der Waals surface area contributed by atoms with Crippen LogP contribution in [0.2, 0.25) is 18.0 Å². The third-order valence-electron chi connectivity index (χ3n) is 6.43. The van der Waals surface area contributed by atoms with Crippen molar-refractivity contribution in [2.45, 2.75) is 78.8 Å². The summed E-state index contributed by atoms with van der Waals surface area (Å²) in [7, 11) is 4.99. The van der Waals surface area contributed by atoms with E-state index in [0.29, 0.717) is 5.75 Å². The predicted molar refractivity (Wildman–Crippen MR) is 118 cm³/mol. The molecule has 0 saturated carbocycles. The van der Waals surface area contributed by atoms with E-state index in [1.165, 1.54) is 24.7 Å². The number of aryl methyl sites for hydroxylation is 1. The third-order valence-corrected chi connectivity index (χ3v) is 6.43. The van der Waals surface area contributed by atoms with E-state index < -0.39 is 0 Å². The van der Waals surface area contributed by atoms with Gasteiger partial charge in [-0.15, -0.1) is 0 Å². The van der Waals surface area contributed by atoms with Crippen LogP contribution in [0.5, 0.6) is 17.2 Å². The minimum Gasteiger partial charge on any atom is -0.493 e. The van der Waals surface area contributed by atoms with E-state index in [4.69, 9.17) is 14.2 Å². The maximum atomic E-state index is 5.47. The zero-order valence-corrected chi connectivity index (χ0v) is 19.1. The zero-order valence-electron chi connectivity index (χ0n) is 19.1. The van der Waals surface area contributed by atoms with Crippen molar-refractivity contribution in [2.75, 3.05) is 21.3 Å². The Hall–Kier alpha value is -1.32. The van der Waals surface area contributed by atoms with Crippen LogP contribution < -0.4 is 14.2 Å². The van der Waals surface area contributed by atoms with Crippen LogP contribution >= 0.6 is 0 Å². The summed E-state index contributed by atoms with van der Waals surface area (Å²) in [6.45, 7) is 15.1. The van der Waals surface area contributed by atoms with Crippen LogP contribution in [0.25, 0.3) is 0 Å². The molecule has 0 aliphatic heterocycles. The first-order valence-corrected chi connectivity index (χ1v) is 10.6. The molecule has 0 amide bonds. The highest BCUT2D eigenvalue weighted by Gasteiger charge is 2.30. The Labute approximate surface area is 168 Å². The summed E-state index contributed by atoms with van der Waals surface area (Å²) < 4.78 is 16.4. The molecule has 0 aliphatic carbocycles. The SMILES string of the molecule is COc1cc(CCCCB(C(C)C(C)C)C(C)C(C)C)cc(OC)c1OC. The summed E-state index contributed by atoms with van der Waals surface area (Å²) >= 11 is 0. The van der Waals surface area contributed by atoms with Crippen LogP contribution in [0.4, 0.5) is 0 Å². The molecule has 0 aromatic heterocycles. The van der Waals surface area contributed by atoms with Crippen molar-refractivity contribution in [3.05, 3.63) is 17.7 Å². The van der Waals surface area contributed by atoms with Gasteiger partial charge in [0.2, 0.25) is 5.75 Å². The van der Waals surface area contributed by atoms with Gasteiger partial charge in [0.1, 0.15) is 6.71 Å². The van der Waals surface area contributed by atoms with Crippen molar-refractivity contribution < 1.29 is 14.2 Å². The van der Waals surface area contributed by atoms with E-state index in [9.17, 15) is 0 Å². The Morgan fingerprint density at radius 3 is 1.59 bits per heavy atom. The molecule has 154 valence electrons. The molecule has 4 heteroatoms. The highest BCUT2D eigenvalue weighted by molar-refractivity contribution is 6.62. The Morgan fingerprint density at radius 2 is 1.22 bits per heavy atom. The van der Waals surface area contributed by atoms with Crippen LogP contribution in [0.3, 0.4) is 0 Å². The molecule has 1 aromatic rings. The first-order chi connectivity index (χ1) is 12.8. The zero-order chi connectivity index (χ0) is 20.6. The Bertz CT molecular complexity index is 518. The van der Waals surface area contributed by atoms with Gasteiger partial charge < -0.3 is 14.2 Å². The van der Waals surface area contributed by atoms with Crippen LogP contribution in [-0.4, -0.2) is 28.0 Å². The van der Waals surface area contributed by atoms with Crippen molar-refractivity contribution in [2.24, 2.45) is 11.8 Å². The van der Waals surface area contributed by atoms with Crippen molar-refractivity contribution in [3.8, 4) is 17.2 Å². The van der Waals surface area contributed by atoms with Crippen LogP contribution in [0.1, 0.15) is 59.9 Å². The largest absolute Gasteiger partial charge is 0.493 e. The van der Waals surface area contributed by atoms with Gasteiger partial charge in [0.05, 0.1) is 21.3 Å². The minimum atomic E-state index is 0.667. The lowest BCUT2D eigenvalue weighted by molar-refractivity contribution is 0.323. The molecular weight excluding hydrogens is 335 g/mol. The molecule has 2 unspecified atom stereocenters. The average Bonchev–Trinajstić information content (AvgIpc) is 2.65. The van der Waals surface area contributed by atoms with Gasteiger partial charge in [-0.1, -0.05) is 77.8 Å². The summed E-state index contributed by atoms with van der Waals surface area (Å²) in [5.41, 5.74) is 1.25. The molecule has 0 spiro atoms. The molecule has 0 heterocycles.